The zero-order valence-corrected chi connectivity index (χ0v) is 12.9. The van der Waals surface area contributed by atoms with Crippen molar-refractivity contribution in [3.8, 4) is 0 Å². The summed E-state index contributed by atoms with van der Waals surface area (Å²) in [5.41, 5.74) is 1.94. The third-order valence-corrected chi connectivity index (χ3v) is 4.54. The fraction of sp³-hybridized carbons (Fsp3) is 0.312. The van der Waals surface area contributed by atoms with Gasteiger partial charge in [-0.15, -0.1) is 0 Å². The topological polar surface area (TPSA) is 54.9 Å². The molecule has 1 aliphatic carbocycles. The molecule has 1 aliphatic rings. The van der Waals surface area contributed by atoms with E-state index >= 15 is 0 Å². The first-order chi connectivity index (χ1) is 10.1. The molecule has 4 nitrogen and oxygen atoms in total. The van der Waals surface area contributed by atoms with E-state index in [9.17, 15) is 4.79 Å². The number of hydrogen-bond donors (Lipinski definition) is 1. The Bertz CT molecular complexity index is 660. The predicted molar refractivity (Wildman–Crippen MR) is 83.2 cm³/mol. The highest BCUT2D eigenvalue weighted by molar-refractivity contribution is 7.99. The Balaban J connectivity index is 1.69. The summed E-state index contributed by atoms with van der Waals surface area (Å²) in [6.45, 7) is 4.11. The fourth-order valence-electron chi connectivity index (χ4n) is 2.20. The predicted octanol–water partition coefficient (Wildman–Crippen LogP) is 3.53. The van der Waals surface area contributed by atoms with Crippen LogP contribution < -0.4 is 5.32 Å². The number of hydrogen-bond acceptors (Lipinski definition) is 4. The first kappa shape index (κ1) is 14.1. The SMILES string of the molecule is Cc1cc(Sc2ncccn2)ccc1NC(=O)[C@@H]1C[C@@H]1C. The second kappa shape index (κ2) is 5.85. The number of nitrogens with zero attached hydrogens (tertiary/aromatic N) is 2. The van der Waals surface area contributed by atoms with Crippen LogP contribution in [-0.4, -0.2) is 15.9 Å². The number of carbonyl (C=O) groups excluding carboxylic acids is 1. The summed E-state index contributed by atoms with van der Waals surface area (Å²) in [6, 6.07) is 7.78. The molecule has 0 radical (unpaired) electrons. The van der Waals surface area contributed by atoms with Crippen LogP contribution in [0.1, 0.15) is 18.9 Å². The molecule has 0 saturated heterocycles. The number of carbonyl (C=O) groups is 1. The molecule has 2 aromatic rings. The van der Waals surface area contributed by atoms with Gasteiger partial charge in [-0.3, -0.25) is 4.79 Å². The van der Waals surface area contributed by atoms with E-state index in [4.69, 9.17) is 0 Å². The molecular weight excluding hydrogens is 282 g/mol. The number of nitrogens with one attached hydrogen (secondary N) is 1. The smallest absolute Gasteiger partial charge is 0.227 e. The first-order valence-corrected chi connectivity index (χ1v) is 7.81. The third kappa shape index (κ3) is 3.42. The highest BCUT2D eigenvalue weighted by Gasteiger charge is 2.39. The van der Waals surface area contributed by atoms with Gasteiger partial charge in [0.15, 0.2) is 5.16 Å². The molecule has 1 aromatic carbocycles. The molecule has 0 aliphatic heterocycles. The van der Waals surface area contributed by atoms with Gasteiger partial charge in [-0.1, -0.05) is 6.92 Å². The van der Waals surface area contributed by atoms with Gasteiger partial charge >= 0.3 is 0 Å². The van der Waals surface area contributed by atoms with Crippen molar-refractivity contribution in [3.63, 3.8) is 0 Å². The summed E-state index contributed by atoms with van der Waals surface area (Å²) in [5, 5.41) is 3.74. The lowest BCUT2D eigenvalue weighted by atomic mass is 10.2. The lowest BCUT2D eigenvalue weighted by molar-refractivity contribution is -0.117. The van der Waals surface area contributed by atoms with Gasteiger partial charge in [-0.2, -0.15) is 0 Å². The normalized spacial score (nSPS) is 20.1. The van der Waals surface area contributed by atoms with Gasteiger partial charge in [0.05, 0.1) is 0 Å². The molecule has 0 unspecified atom stereocenters. The number of aryl methyl sites for hydroxylation is 1. The first-order valence-electron chi connectivity index (χ1n) is 7.00. The largest absolute Gasteiger partial charge is 0.326 e. The van der Waals surface area contributed by atoms with E-state index in [-0.39, 0.29) is 11.8 Å². The summed E-state index contributed by atoms with van der Waals surface area (Å²) in [4.78, 5) is 21.4. The van der Waals surface area contributed by atoms with Gasteiger partial charge in [0.25, 0.3) is 0 Å². The Hall–Kier alpha value is -1.88. The Labute approximate surface area is 128 Å². The highest BCUT2D eigenvalue weighted by Crippen LogP contribution is 2.38. The molecule has 21 heavy (non-hydrogen) atoms. The minimum atomic E-state index is 0.136. The van der Waals surface area contributed by atoms with Crippen LogP contribution in [0.5, 0.6) is 0 Å². The Morgan fingerprint density at radius 3 is 2.67 bits per heavy atom. The maximum atomic E-state index is 12.0. The van der Waals surface area contributed by atoms with Crippen molar-refractivity contribution in [2.24, 2.45) is 11.8 Å². The second-order valence-corrected chi connectivity index (χ2v) is 6.46. The summed E-state index contributed by atoms with van der Waals surface area (Å²) >= 11 is 1.51. The van der Waals surface area contributed by atoms with Gasteiger partial charge in [0, 0.05) is 28.9 Å². The third-order valence-electron chi connectivity index (χ3n) is 3.65. The Morgan fingerprint density at radius 1 is 1.33 bits per heavy atom. The van der Waals surface area contributed by atoms with Crippen LogP contribution in [0.2, 0.25) is 0 Å². The van der Waals surface area contributed by atoms with Crippen LogP contribution in [-0.2, 0) is 4.79 Å². The van der Waals surface area contributed by atoms with E-state index in [0.29, 0.717) is 5.92 Å². The molecular formula is C16H17N3OS. The molecule has 0 spiro atoms. The van der Waals surface area contributed by atoms with Crippen LogP contribution in [0, 0.1) is 18.8 Å². The molecule has 3 rings (SSSR count). The van der Waals surface area contributed by atoms with E-state index in [1.165, 1.54) is 11.8 Å². The Morgan fingerprint density at radius 2 is 2.05 bits per heavy atom. The molecule has 1 amide bonds. The van der Waals surface area contributed by atoms with Gasteiger partial charge in [-0.25, -0.2) is 9.97 Å². The molecule has 108 valence electrons. The lowest BCUT2D eigenvalue weighted by Gasteiger charge is -2.09. The Kier molecular flexibility index (Phi) is 3.92. The molecule has 1 aromatic heterocycles. The summed E-state index contributed by atoms with van der Waals surface area (Å²) in [7, 11) is 0. The van der Waals surface area contributed by atoms with Crippen molar-refractivity contribution in [1.82, 2.24) is 9.97 Å². The lowest BCUT2D eigenvalue weighted by Crippen LogP contribution is -2.15. The van der Waals surface area contributed by atoms with E-state index in [1.54, 1.807) is 18.5 Å². The fourth-order valence-corrected chi connectivity index (χ4v) is 3.01. The minimum absolute atomic E-state index is 0.136. The van der Waals surface area contributed by atoms with Crippen molar-refractivity contribution in [2.45, 2.75) is 30.3 Å². The van der Waals surface area contributed by atoms with E-state index in [2.05, 4.69) is 22.2 Å². The van der Waals surface area contributed by atoms with Crippen molar-refractivity contribution in [1.29, 1.82) is 0 Å². The molecule has 1 heterocycles. The summed E-state index contributed by atoms with van der Waals surface area (Å²) in [5.74, 6) is 0.851. The molecule has 2 atom stereocenters. The van der Waals surface area contributed by atoms with Crippen LogP contribution in [0.25, 0.3) is 0 Å². The van der Waals surface area contributed by atoms with Crippen molar-refractivity contribution in [2.75, 3.05) is 5.32 Å². The van der Waals surface area contributed by atoms with Gasteiger partial charge in [-0.05, 0) is 60.9 Å². The van der Waals surface area contributed by atoms with E-state index < -0.39 is 0 Å². The molecule has 5 heteroatoms. The number of aromatic nitrogens is 2. The second-order valence-electron chi connectivity index (χ2n) is 5.42. The quantitative estimate of drug-likeness (QED) is 0.877. The van der Waals surface area contributed by atoms with Crippen LogP contribution in [0.3, 0.4) is 0 Å². The summed E-state index contributed by atoms with van der Waals surface area (Å²) in [6.07, 6.45) is 4.46. The maximum Gasteiger partial charge on any atom is 0.227 e. The minimum Gasteiger partial charge on any atom is -0.326 e. The van der Waals surface area contributed by atoms with Crippen molar-refractivity contribution >= 4 is 23.4 Å². The van der Waals surface area contributed by atoms with Crippen molar-refractivity contribution < 1.29 is 4.79 Å². The monoisotopic (exact) mass is 299 g/mol. The molecule has 1 fully saturated rings. The van der Waals surface area contributed by atoms with Crippen LogP contribution >= 0.6 is 11.8 Å². The van der Waals surface area contributed by atoms with Gasteiger partial charge in [0.2, 0.25) is 5.91 Å². The van der Waals surface area contributed by atoms with Gasteiger partial charge in [0.1, 0.15) is 0 Å². The highest BCUT2D eigenvalue weighted by atomic mass is 32.2. The molecule has 1 N–H and O–H groups in total. The summed E-state index contributed by atoms with van der Waals surface area (Å²) < 4.78 is 0. The maximum absolute atomic E-state index is 12.0. The van der Waals surface area contributed by atoms with Gasteiger partial charge < -0.3 is 5.32 Å². The number of anilines is 1. The standard InChI is InChI=1S/C16H17N3OS/c1-10-9-13(10)15(20)19-14-5-4-12(8-11(14)2)21-16-17-6-3-7-18-16/h3-8,10,13H,9H2,1-2H3,(H,19,20)/t10-,13+/m0/s1. The number of benzene rings is 1. The zero-order valence-electron chi connectivity index (χ0n) is 12.0. The average Bonchev–Trinajstić information content (AvgIpc) is 3.20. The van der Waals surface area contributed by atoms with E-state index in [1.807, 2.05) is 25.1 Å². The van der Waals surface area contributed by atoms with E-state index in [0.717, 1.165) is 27.7 Å². The average molecular weight is 299 g/mol. The van der Waals surface area contributed by atoms with Crippen LogP contribution in [0.4, 0.5) is 5.69 Å². The van der Waals surface area contributed by atoms with Crippen molar-refractivity contribution in [3.05, 3.63) is 42.2 Å². The molecule has 0 bridgehead atoms. The zero-order chi connectivity index (χ0) is 14.8. The number of amides is 1. The van der Waals surface area contributed by atoms with Crippen LogP contribution in [0.15, 0.2) is 46.7 Å². The molecule has 1 saturated carbocycles. The number of rotatable bonds is 4.